The number of nitro groups is 1. The molecule has 9 nitrogen and oxygen atoms in total. The molecule has 2 aromatic carbocycles. The van der Waals surface area contributed by atoms with Gasteiger partial charge in [-0.3, -0.25) is 19.7 Å². The van der Waals surface area contributed by atoms with E-state index in [1.807, 2.05) is 35.0 Å². The van der Waals surface area contributed by atoms with Gasteiger partial charge in [-0.25, -0.2) is 5.43 Å². The number of nitrogens with zero attached hydrogens (tertiary/aromatic N) is 3. The van der Waals surface area contributed by atoms with Gasteiger partial charge in [0.05, 0.1) is 11.1 Å². The predicted molar refractivity (Wildman–Crippen MR) is 104 cm³/mol. The van der Waals surface area contributed by atoms with Crippen molar-refractivity contribution in [2.75, 3.05) is 0 Å². The molecule has 3 aromatic rings. The lowest BCUT2D eigenvalue weighted by molar-refractivity contribution is -0.384. The second kappa shape index (κ2) is 8.12. The average molecular weight is 379 g/mol. The molecule has 0 atom stereocenters. The summed E-state index contributed by atoms with van der Waals surface area (Å²) in [5.74, 6) is -0.869. The molecule has 28 heavy (non-hydrogen) atoms. The number of amides is 2. The Balaban J connectivity index is 1.74. The summed E-state index contributed by atoms with van der Waals surface area (Å²) in [6.45, 7) is 0.443. The summed E-state index contributed by atoms with van der Waals surface area (Å²) in [4.78, 5) is 33.3. The number of aromatic nitrogens is 1. The van der Waals surface area contributed by atoms with Gasteiger partial charge in [-0.05, 0) is 18.2 Å². The molecule has 0 saturated heterocycles. The van der Waals surface area contributed by atoms with Crippen molar-refractivity contribution in [3.8, 4) is 0 Å². The van der Waals surface area contributed by atoms with Crippen molar-refractivity contribution in [1.29, 1.82) is 0 Å². The Kier molecular flexibility index (Phi) is 5.45. The summed E-state index contributed by atoms with van der Waals surface area (Å²) >= 11 is 0. The number of aryl methyl sites for hydroxylation is 1. The SMILES string of the molecule is NC(=O)CCn1cc(/C=N\NC(=O)c2ccc([N+](=O)[O-])cc2)c2ccccc21. The first kappa shape index (κ1) is 18.8. The summed E-state index contributed by atoms with van der Waals surface area (Å²) in [6.07, 6.45) is 3.55. The summed E-state index contributed by atoms with van der Waals surface area (Å²) in [6, 6.07) is 12.8. The zero-order chi connectivity index (χ0) is 20.1. The smallest absolute Gasteiger partial charge is 0.271 e. The van der Waals surface area contributed by atoms with E-state index in [1.165, 1.54) is 30.5 Å². The van der Waals surface area contributed by atoms with Crippen LogP contribution in [0.2, 0.25) is 0 Å². The number of non-ortho nitro benzene ring substituents is 1. The third-order valence-corrected chi connectivity index (χ3v) is 4.13. The van der Waals surface area contributed by atoms with Crippen LogP contribution in [0.25, 0.3) is 10.9 Å². The van der Waals surface area contributed by atoms with E-state index >= 15 is 0 Å². The summed E-state index contributed by atoms with van der Waals surface area (Å²) in [7, 11) is 0. The molecule has 3 N–H and O–H groups in total. The van der Waals surface area contributed by atoms with E-state index in [1.54, 1.807) is 0 Å². The number of carbonyl (C=O) groups excluding carboxylic acids is 2. The Labute approximate surface area is 159 Å². The molecule has 0 spiro atoms. The topological polar surface area (TPSA) is 133 Å². The first-order valence-electron chi connectivity index (χ1n) is 8.40. The Morgan fingerprint density at radius 3 is 2.57 bits per heavy atom. The van der Waals surface area contributed by atoms with Crippen LogP contribution in [0.1, 0.15) is 22.3 Å². The molecule has 142 valence electrons. The van der Waals surface area contributed by atoms with Crippen molar-refractivity contribution in [2.45, 2.75) is 13.0 Å². The van der Waals surface area contributed by atoms with Crippen LogP contribution in [0.4, 0.5) is 5.69 Å². The molecule has 1 aromatic heterocycles. The predicted octanol–water partition coefficient (Wildman–Crippen LogP) is 2.19. The number of nitrogens with one attached hydrogen (secondary N) is 1. The van der Waals surface area contributed by atoms with Gasteiger partial charge in [-0.2, -0.15) is 5.10 Å². The second-order valence-corrected chi connectivity index (χ2v) is 6.01. The second-order valence-electron chi connectivity index (χ2n) is 6.01. The van der Waals surface area contributed by atoms with Crippen molar-refractivity contribution >= 4 is 34.6 Å². The third kappa shape index (κ3) is 4.21. The van der Waals surface area contributed by atoms with Gasteiger partial charge in [0.15, 0.2) is 0 Å². The maximum absolute atomic E-state index is 12.1. The molecule has 0 radical (unpaired) electrons. The number of rotatable bonds is 7. The van der Waals surface area contributed by atoms with Crippen LogP contribution in [-0.2, 0) is 11.3 Å². The van der Waals surface area contributed by atoms with Crippen LogP contribution in [0.3, 0.4) is 0 Å². The van der Waals surface area contributed by atoms with Crippen molar-refractivity contribution in [3.05, 3.63) is 76.0 Å². The van der Waals surface area contributed by atoms with Gasteiger partial charge in [-0.15, -0.1) is 0 Å². The normalized spacial score (nSPS) is 11.0. The molecular weight excluding hydrogens is 362 g/mol. The van der Waals surface area contributed by atoms with E-state index < -0.39 is 10.8 Å². The highest BCUT2D eigenvalue weighted by atomic mass is 16.6. The van der Waals surface area contributed by atoms with Gasteiger partial charge >= 0.3 is 0 Å². The minimum absolute atomic E-state index is 0.0937. The number of hydrazone groups is 1. The molecule has 0 saturated carbocycles. The lowest BCUT2D eigenvalue weighted by Gasteiger charge is -2.02. The van der Waals surface area contributed by atoms with E-state index in [-0.39, 0.29) is 23.6 Å². The summed E-state index contributed by atoms with van der Waals surface area (Å²) < 4.78 is 1.90. The Morgan fingerprint density at radius 1 is 1.18 bits per heavy atom. The van der Waals surface area contributed by atoms with Crippen LogP contribution in [0, 0.1) is 10.1 Å². The van der Waals surface area contributed by atoms with Crippen molar-refractivity contribution in [3.63, 3.8) is 0 Å². The van der Waals surface area contributed by atoms with Crippen molar-refractivity contribution < 1.29 is 14.5 Å². The van der Waals surface area contributed by atoms with E-state index in [2.05, 4.69) is 10.5 Å². The highest BCUT2D eigenvalue weighted by molar-refractivity contribution is 6.00. The summed E-state index contributed by atoms with van der Waals surface area (Å²) in [5.41, 5.74) is 9.47. The minimum Gasteiger partial charge on any atom is -0.370 e. The van der Waals surface area contributed by atoms with Gasteiger partial charge in [0, 0.05) is 53.3 Å². The van der Waals surface area contributed by atoms with E-state index in [0.29, 0.717) is 6.54 Å². The quantitative estimate of drug-likeness (QED) is 0.370. The largest absolute Gasteiger partial charge is 0.370 e. The molecule has 0 fully saturated rings. The monoisotopic (exact) mass is 379 g/mol. The Hall–Kier alpha value is -4.01. The molecular formula is C19H17N5O4. The standard InChI is InChI=1S/C19H17N5O4/c20-18(25)9-10-23-12-14(16-3-1-2-4-17(16)23)11-21-22-19(26)13-5-7-15(8-6-13)24(27)28/h1-8,11-12H,9-10H2,(H2,20,25)(H,22,26)/b21-11-. The number of hydrogen-bond acceptors (Lipinski definition) is 5. The van der Waals surface area contributed by atoms with E-state index in [0.717, 1.165) is 16.5 Å². The molecule has 9 heteroatoms. The number of carbonyl (C=O) groups is 2. The molecule has 0 unspecified atom stereocenters. The minimum atomic E-state index is -0.534. The fourth-order valence-electron chi connectivity index (χ4n) is 2.75. The van der Waals surface area contributed by atoms with Gasteiger partial charge < -0.3 is 10.3 Å². The lowest BCUT2D eigenvalue weighted by Crippen LogP contribution is -2.17. The number of nitro benzene ring substituents is 1. The van der Waals surface area contributed by atoms with Gasteiger partial charge in [0.1, 0.15) is 0 Å². The van der Waals surface area contributed by atoms with Crippen LogP contribution in [0.15, 0.2) is 59.8 Å². The lowest BCUT2D eigenvalue weighted by atomic mass is 10.2. The van der Waals surface area contributed by atoms with Crippen molar-refractivity contribution in [2.24, 2.45) is 10.8 Å². The number of primary amides is 1. The highest BCUT2D eigenvalue weighted by Gasteiger charge is 2.10. The summed E-state index contributed by atoms with van der Waals surface area (Å²) in [5, 5.41) is 15.5. The maximum Gasteiger partial charge on any atom is 0.271 e. The first-order valence-corrected chi connectivity index (χ1v) is 8.40. The fraction of sp³-hybridized carbons (Fsp3) is 0.105. The molecule has 0 bridgehead atoms. The molecule has 3 rings (SSSR count). The van der Waals surface area contributed by atoms with Gasteiger partial charge in [0.25, 0.3) is 11.6 Å². The third-order valence-electron chi connectivity index (χ3n) is 4.13. The van der Waals surface area contributed by atoms with Crippen LogP contribution in [-0.4, -0.2) is 27.5 Å². The Bertz CT molecular complexity index is 1070. The number of nitrogens with two attached hydrogens (primary N) is 1. The first-order chi connectivity index (χ1) is 13.5. The number of hydrogen-bond donors (Lipinski definition) is 2. The molecule has 0 aliphatic carbocycles. The van der Waals surface area contributed by atoms with Crippen LogP contribution < -0.4 is 11.2 Å². The average Bonchev–Trinajstić information content (AvgIpc) is 3.04. The molecule has 0 aliphatic heterocycles. The van der Waals surface area contributed by atoms with Gasteiger partial charge in [0.2, 0.25) is 5.91 Å². The molecule has 1 heterocycles. The zero-order valence-corrected chi connectivity index (χ0v) is 14.7. The number of fused-ring (bicyclic) bond motifs is 1. The zero-order valence-electron chi connectivity index (χ0n) is 14.7. The number of benzene rings is 2. The van der Waals surface area contributed by atoms with Crippen molar-refractivity contribution in [1.82, 2.24) is 9.99 Å². The van der Waals surface area contributed by atoms with E-state index in [4.69, 9.17) is 5.73 Å². The molecule has 2 amide bonds. The number of para-hydroxylation sites is 1. The Morgan fingerprint density at radius 2 is 1.89 bits per heavy atom. The highest BCUT2D eigenvalue weighted by Crippen LogP contribution is 2.20. The molecule has 0 aliphatic rings. The fourth-order valence-corrected chi connectivity index (χ4v) is 2.75. The van der Waals surface area contributed by atoms with Crippen LogP contribution in [0.5, 0.6) is 0 Å². The van der Waals surface area contributed by atoms with E-state index in [9.17, 15) is 19.7 Å². The maximum atomic E-state index is 12.1. The van der Waals surface area contributed by atoms with Crippen LogP contribution >= 0.6 is 0 Å². The van der Waals surface area contributed by atoms with Gasteiger partial charge in [-0.1, -0.05) is 18.2 Å².